The average Bonchev–Trinajstić information content (AvgIpc) is 3.09. The van der Waals surface area contributed by atoms with E-state index in [1.54, 1.807) is 19.5 Å². The van der Waals surface area contributed by atoms with Crippen LogP contribution in [0.2, 0.25) is 0 Å². The van der Waals surface area contributed by atoms with E-state index >= 15 is 0 Å². The first-order chi connectivity index (χ1) is 14.3. The van der Waals surface area contributed by atoms with Crippen LogP contribution in [0.3, 0.4) is 0 Å². The van der Waals surface area contributed by atoms with Crippen LogP contribution in [0.1, 0.15) is 0 Å². The van der Waals surface area contributed by atoms with Crippen molar-refractivity contribution >= 4 is 17.9 Å². The summed E-state index contributed by atoms with van der Waals surface area (Å²) in [4.78, 5) is 11.1. The van der Waals surface area contributed by atoms with Gasteiger partial charge in [-0.3, -0.25) is 9.55 Å². The Balaban J connectivity index is 1.49. The fourth-order valence-corrected chi connectivity index (χ4v) is 3.97. The molecule has 0 unspecified atom stereocenters. The summed E-state index contributed by atoms with van der Waals surface area (Å²) in [6.07, 6.45) is 7.51. The van der Waals surface area contributed by atoms with Gasteiger partial charge in [-0.1, -0.05) is 0 Å². The van der Waals surface area contributed by atoms with Crippen molar-refractivity contribution in [3.63, 3.8) is 0 Å². The number of ether oxygens (including phenoxy) is 1. The molecule has 1 fully saturated rings. The van der Waals surface area contributed by atoms with Crippen molar-refractivity contribution in [1.82, 2.24) is 19.3 Å². The highest BCUT2D eigenvalue weighted by molar-refractivity contribution is 7.71. The number of piperazine rings is 1. The molecule has 0 aliphatic carbocycles. The maximum atomic E-state index is 5.76. The number of rotatable bonds is 7. The Morgan fingerprint density at radius 3 is 2.55 bits per heavy atom. The highest BCUT2D eigenvalue weighted by Crippen LogP contribution is 2.17. The number of hydrogen-bond acceptors (Lipinski definition) is 5. The number of H-pyrrole nitrogens is 1. The third-order valence-electron chi connectivity index (χ3n) is 5.29. The Morgan fingerprint density at radius 1 is 1.14 bits per heavy atom. The largest absolute Gasteiger partial charge is 0.383 e. The van der Waals surface area contributed by atoms with Gasteiger partial charge in [-0.05, 0) is 24.4 Å². The van der Waals surface area contributed by atoms with E-state index < -0.39 is 0 Å². The molecule has 0 atom stereocenters. The zero-order valence-corrected chi connectivity index (χ0v) is 17.4. The third-order valence-corrected chi connectivity index (χ3v) is 5.72. The van der Waals surface area contributed by atoms with Crippen molar-refractivity contribution in [2.24, 2.45) is 0 Å². The predicted molar refractivity (Wildman–Crippen MR) is 112 cm³/mol. The molecule has 1 aliphatic heterocycles. The van der Waals surface area contributed by atoms with Gasteiger partial charge in [-0.25, -0.2) is 4.98 Å². The number of anilines is 1. The van der Waals surface area contributed by atoms with Gasteiger partial charge in [-0.2, -0.15) is 4.68 Å². The van der Waals surface area contributed by atoms with Crippen molar-refractivity contribution in [2.45, 2.75) is 13.2 Å². The first-order valence-corrected chi connectivity index (χ1v) is 10.3. The van der Waals surface area contributed by atoms with Crippen molar-refractivity contribution in [1.29, 1.82) is 0 Å². The van der Waals surface area contributed by atoms with Crippen LogP contribution >= 0.6 is 12.2 Å². The van der Waals surface area contributed by atoms with Gasteiger partial charge in [0.15, 0.2) is 24.9 Å². The standard InChI is InChI=1S/C20H25N7OS/c1-28-15-14-26-19(17-2-6-21-7-3-17)23-27(20(26)29)16-24-10-12-25(13-11-24)18-4-8-22-9-5-18/h2-9H,10-16H2,1H3/p+2. The van der Waals surface area contributed by atoms with E-state index in [4.69, 9.17) is 22.1 Å². The Kier molecular flexibility index (Phi) is 6.28. The van der Waals surface area contributed by atoms with Gasteiger partial charge in [0.25, 0.3) is 0 Å². The molecule has 0 amide bonds. The van der Waals surface area contributed by atoms with Crippen LogP contribution in [0.4, 0.5) is 5.69 Å². The molecular formula is C20H27N7OS+2. The van der Waals surface area contributed by atoms with Crippen LogP contribution in [0.15, 0.2) is 49.1 Å². The maximum Gasteiger partial charge on any atom is 0.203 e. The number of hydrogen-bond donors (Lipinski definition) is 1. The molecule has 3 aromatic heterocycles. The molecule has 1 saturated heterocycles. The summed E-state index contributed by atoms with van der Waals surface area (Å²) in [5, 5.41) is 4.86. The third kappa shape index (κ3) is 4.52. The van der Waals surface area contributed by atoms with E-state index in [-0.39, 0.29) is 0 Å². The molecule has 2 N–H and O–H groups in total. The summed E-state index contributed by atoms with van der Waals surface area (Å²) in [5.41, 5.74) is 2.28. The molecular weight excluding hydrogens is 386 g/mol. The molecule has 29 heavy (non-hydrogen) atoms. The normalized spacial score (nSPS) is 15.0. The van der Waals surface area contributed by atoms with E-state index in [2.05, 4.69) is 31.6 Å². The lowest BCUT2D eigenvalue weighted by Crippen LogP contribution is -3.14. The Bertz CT molecular complexity index is 965. The van der Waals surface area contributed by atoms with E-state index in [0.717, 1.165) is 49.0 Å². The van der Waals surface area contributed by atoms with Crippen LogP contribution < -0.4 is 14.8 Å². The highest BCUT2D eigenvalue weighted by Gasteiger charge is 2.22. The molecule has 3 aromatic rings. The Labute approximate surface area is 175 Å². The minimum Gasteiger partial charge on any atom is -0.383 e. The maximum absolute atomic E-state index is 5.76. The number of aromatic amines is 1. The molecule has 152 valence electrons. The topological polar surface area (TPSA) is 66.7 Å². The van der Waals surface area contributed by atoms with Crippen LogP contribution in [-0.2, 0) is 18.0 Å². The molecule has 4 rings (SSSR count). The number of nitrogens with one attached hydrogen (secondary N) is 2. The molecule has 0 saturated carbocycles. The lowest BCUT2D eigenvalue weighted by atomic mass is 10.2. The minimum atomic E-state index is 0.595. The number of aromatic nitrogens is 5. The van der Waals surface area contributed by atoms with Crippen molar-refractivity contribution in [3.8, 4) is 11.4 Å². The monoisotopic (exact) mass is 413 g/mol. The summed E-state index contributed by atoms with van der Waals surface area (Å²) in [6.45, 7) is 6.20. The van der Waals surface area contributed by atoms with E-state index in [0.29, 0.717) is 13.2 Å². The molecule has 4 heterocycles. The van der Waals surface area contributed by atoms with E-state index in [9.17, 15) is 0 Å². The molecule has 0 bridgehead atoms. The van der Waals surface area contributed by atoms with E-state index in [1.165, 1.54) is 10.6 Å². The van der Waals surface area contributed by atoms with Gasteiger partial charge in [0.1, 0.15) is 0 Å². The van der Waals surface area contributed by atoms with Crippen molar-refractivity contribution < 1.29 is 14.6 Å². The second-order valence-corrected chi connectivity index (χ2v) is 7.50. The summed E-state index contributed by atoms with van der Waals surface area (Å²) in [5.74, 6) is 0.869. The summed E-state index contributed by atoms with van der Waals surface area (Å²) in [6, 6.07) is 8.18. The molecule has 9 heteroatoms. The second kappa shape index (κ2) is 9.25. The first kappa shape index (κ1) is 19.7. The van der Waals surface area contributed by atoms with Crippen LogP contribution in [0.25, 0.3) is 11.4 Å². The fourth-order valence-electron chi connectivity index (χ4n) is 3.68. The predicted octanol–water partition coefficient (Wildman–Crippen LogP) is 0.299. The molecule has 0 spiro atoms. The molecule has 0 aromatic carbocycles. The SMILES string of the molecule is COCCn1c(-c2ccncc2)nn(C[NH+]2CCN(c3cc[nH+]cc3)CC2)c1=S. The van der Waals surface area contributed by atoms with E-state index in [1.807, 2.05) is 29.2 Å². The Hall–Kier alpha value is -2.62. The van der Waals surface area contributed by atoms with Crippen molar-refractivity contribution in [3.05, 3.63) is 53.8 Å². The quantitative estimate of drug-likeness (QED) is 0.565. The smallest absolute Gasteiger partial charge is 0.203 e. The Morgan fingerprint density at radius 2 is 1.86 bits per heavy atom. The van der Waals surface area contributed by atoms with Crippen LogP contribution in [0, 0.1) is 4.77 Å². The van der Waals surface area contributed by atoms with Gasteiger partial charge in [-0.15, -0.1) is 5.10 Å². The van der Waals surface area contributed by atoms with Crippen LogP contribution in [-0.4, -0.2) is 59.2 Å². The molecule has 8 nitrogen and oxygen atoms in total. The lowest BCUT2D eigenvalue weighted by molar-refractivity contribution is -0.924. The highest BCUT2D eigenvalue weighted by atomic mass is 32.1. The van der Waals surface area contributed by atoms with Gasteiger partial charge in [0.05, 0.1) is 39.3 Å². The number of nitrogens with zero attached hydrogens (tertiary/aromatic N) is 5. The number of quaternary nitrogens is 1. The molecule has 0 radical (unpaired) electrons. The summed E-state index contributed by atoms with van der Waals surface area (Å²) < 4.78 is 10.0. The van der Waals surface area contributed by atoms with Gasteiger partial charge in [0, 0.05) is 42.9 Å². The van der Waals surface area contributed by atoms with Gasteiger partial charge >= 0.3 is 0 Å². The average molecular weight is 414 g/mol. The number of methoxy groups -OCH3 is 1. The minimum absolute atomic E-state index is 0.595. The van der Waals surface area contributed by atoms with Gasteiger partial charge in [0.2, 0.25) is 4.77 Å². The van der Waals surface area contributed by atoms with Gasteiger partial charge < -0.3 is 14.5 Å². The molecule has 1 aliphatic rings. The summed E-state index contributed by atoms with van der Waals surface area (Å²) >= 11 is 5.76. The van der Waals surface area contributed by atoms with Crippen LogP contribution in [0.5, 0.6) is 0 Å². The lowest BCUT2D eigenvalue weighted by Gasteiger charge is -2.33. The zero-order chi connectivity index (χ0) is 20.1. The second-order valence-electron chi connectivity index (χ2n) is 7.14. The number of pyridine rings is 2. The zero-order valence-electron chi connectivity index (χ0n) is 16.6. The fraction of sp³-hybridized carbons (Fsp3) is 0.400. The van der Waals surface area contributed by atoms with Crippen molar-refractivity contribution in [2.75, 3.05) is 44.8 Å². The first-order valence-electron chi connectivity index (χ1n) is 9.88. The summed E-state index contributed by atoms with van der Waals surface area (Å²) in [7, 11) is 1.70.